The summed E-state index contributed by atoms with van der Waals surface area (Å²) in [7, 11) is 0. The van der Waals surface area contributed by atoms with Crippen LogP contribution in [0.3, 0.4) is 0 Å². The van der Waals surface area contributed by atoms with Crippen molar-refractivity contribution in [3.8, 4) is 5.75 Å². The minimum Gasteiger partial charge on any atom is -0.421 e. The Balaban J connectivity index is 2.21. The van der Waals surface area contributed by atoms with Crippen molar-refractivity contribution >= 4 is 65.1 Å². The number of rotatable bonds is 2. The summed E-state index contributed by atoms with van der Waals surface area (Å²) in [5.74, 6) is 0.155. The molecule has 0 saturated heterocycles. The molecule has 0 bridgehead atoms. The van der Waals surface area contributed by atoms with Gasteiger partial charge >= 0.3 is 5.97 Å². The van der Waals surface area contributed by atoms with E-state index in [0.717, 1.165) is 18.3 Å². The maximum atomic E-state index is 11.9. The van der Waals surface area contributed by atoms with Gasteiger partial charge in [-0.2, -0.15) is 0 Å². The van der Waals surface area contributed by atoms with E-state index in [-0.39, 0.29) is 5.97 Å². The van der Waals surface area contributed by atoms with Crippen molar-refractivity contribution in [3.05, 3.63) is 47.4 Å². The second-order valence-electron chi connectivity index (χ2n) is 3.56. The Morgan fingerprint density at radius 3 is 2.44 bits per heavy atom. The number of hydrogen-bond donors (Lipinski definition) is 0. The highest BCUT2D eigenvalue weighted by molar-refractivity contribution is 9.13. The average Bonchev–Trinajstić information content (AvgIpc) is 2.63. The normalized spacial score (nSPS) is 10.4. The first kappa shape index (κ1) is 14.2. The quantitative estimate of drug-likeness (QED) is 0.438. The second kappa shape index (κ2) is 5.86. The maximum absolute atomic E-state index is 11.9. The Morgan fingerprint density at radius 1 is 1.17 bits per heavy atom. The van der Waals surface area contributed by atoms with Gasteiger partial charge < -0.3 is 4.74 Å². The molecule has 0 aliphatic rings. The first-order chi connectivity index (χ1) is 8.47. The van der Waals surface area contributed by atoms with Crippen molar-refractivity contribution in [3.63, 3.8) is 0 Å². The fourth-order valence-electron chi connectivity index (χ4n) is 1.29. The highest BCUT2D eigenvalue weighted by Gasteiger charge is 2.15. The van der Waals surface area contributed by atoms with Gasteiger partial charge in [0, 0.05) is 4.47 Å². The maximum Gasteiger partial charge on any atom is 0.353 e. The predicted molar refractivity (Wildman–Crippen MR) is 83.6 cm³/mol. The lowest BCUT2D eigenvalue weighted by Gasteiger charge is -2.05. The number of benzene rings is 1. The lowest BCUT2D eigenvalue weighted by Crippen LogP contribution is -2.06. The molecule has 2 aromatic rings. The topological polar surface area (TPSA) is 26.3 Å². The zero-order valence-electron chi connectivity index (χ0n) is 9.17. The molecule has 6 heteroatoms. The number of hydrogen-bond acceptors (Lipinski definition) is 3. The lowest BCUT2D eigenvalue weighted by atomic mass is 10.2. The molecule has 1 aromatic carbocycles. The number of carbonyl (C=O) groups excluding carboxylic acids is 1. The average molecular weight is 455 g/mol. The summed E-state index contributed by atoms with van der Waals surface area (Å²) in [6, 6.07) is 7.31. The van der Waals surface area contributed by atoms with E-state index in [0.29, 0.717) is 10.6 Å². The van der Waals surface area contributed by atoms with Crippen molar-refractivity contribution < 1.29 is 9.53 Å². The zero-order chi connectivity index (χ0) is 13.3. The van der Waals surface area contributed by atoms with Gasteiger partial charge in [0.05, 0.1) is 8.26 Å². The van der Waals surface area contributed by atoms with E-state index < -0.39 is 0 Å². The fourth-order valence-corrected chi connectivity index (χ4v) is 3.77. The van der Waals surface area contributed by atoms with Crippen LogP contribution >= 0.6 is 59.1 Å². The van der Waals surface area contributed by atoms with E-state index >= 15 is 0 Å². The van der Waals surface area contributed by atoms with Gasteiger partial charge in [0.25, 0.3) is 0 Å². The Kier molecular flexibility index (Phi) is 4.64. The number of halogens is 3. The Bertz CT molecular complexity index is 588. The summed E-state index contributed by atoms with van der Waals surface area (Å²) in [5.41, 5.74) is 1.10. The summed E-state index contributed by atoms with van der Waals surface area (Å²) < 4.78 is 7.83. The van der Waals surface area contributed by atoms with E-state index in [1.54, 1.807) is 12.1 Å². The molecule has 2 nitrogen and oxygen atoms in total. The highest BCUT2D eigenvalue weighted by Crippen LogP contribution is 2.33. The first-order valence-electron chi connectivity index (χ1n) is 4.90. The minimum absolute atomic E-state index is 0.365. The standard InChI is InChI=1S/C12H7Br3O2S/c1-6-2-3-9(7(13)4-6)17-12(16)10-5-8(14)11(15)18-10/h2-5H,1H3. The van der Waals surface area contributed by atoms with Crippen LogP contribution in [0.5, 0.6) is 5.75 Å². The molecule has 0 saturated carbocycles. The Labute approximate surface area is 134 Å². The van der Waals surface area contributed by atoms with Crippen LogP contribution in [0.15, 0.2) is 37.0 Å². The van der Waals surface area contributed by atoms with Crippen LogP contribution in [0.4, 0.5) is 0 Å². The van der Waals surface area contributed by atoms with Crippen molar-refractivity contribution in [1.82, 2.24) is 0 Å². The van der Waals surface area contributed by atoms with Crippen LogP contribution in [0.2, 0.25) is 0 Å². The van der Waals surface area contributed by atoms with Crippen LogP contribution in [0.1, 0.15) is 15.2 Å². The SMILES string of the molecule is Cc1ccc(OC(=O)c2cc(Br)c(Br)s2)c(Br)c1. The van der Waals surface area contributed by atoms with Crippen molar-refractivity contribution in [2.24, 2.45) is 0 Å². The number of thiophene rings is 1. The Morgan fingerprint density at radius 2 is 1.89 bits per heavy atom. The van der Waals surface area contributed by atoms with Crippen molar-refractivity contribution in [2.45, 2.75) is 6.92 Å². The number of esters is 1. The van der Waals surface area contributed by atoms with E-state index in [4.69, 9.17) is 4.74 Å². The molecule has 0 N–H and O–H groups in total. The van der Waals surface area contributed by atoms with Gasteiger partial charge in [-0.1, -0.05) is 6.07 Å². The molecule has 0 spiro atoms. The summed E-state index contributed by atoms with van der Waals surface area (Å²) in [5, 5.41) is 0. The largest absolute Gasteiger partial charge is 0.421 e. The number of aryl methyl sites for hydroxylation is 1. The molecule has 0 aliphatic heterocycles. The van der Waals surface area contributed by atoms with E-state index in [1.807, 2.05) is 19.1 Å². The first-order valence-corrected chi connectivity index (χ1v) is 8.10. The fraction of sp³-hybridized carbons (Fsp3) is 0.0833. The summed E-state index contributed by atoms with van der Waals surface area (Å²) >= 11 is 11.4. The third-order valence-electron chi connectivity index (χ3n) is 2.14. The zero-order valence-corrected chi connectivity index (χ0v) is 14.7. The molecule has 0 fully saturated rings. The van der Waals surface area contributed by atoms with Gasteiger partial charge in [0.2, 0.25) is 0 Å². The second-order valence-corrected chi connectivity index (χ2v) is 7.63. The monoisotopic (exact) mass is 452 g/mol. The summed E-state index contributed by atoms with van der Waals surface area (Å²) in [6.07, 6.45) is 0. The number of ether oxygens (including phenoxy) is 1. The minimum atomic E-state index is -0.365. The molecule has 0 atom stereocenters. The Hall–Kier alpha value is -0.170. The molecule has 0 aliphatic carbocycles. The summed E-state index contributed by atoms with van der Waals surface area (Å²) in [4.78, 5) is 12.5. The molecule has 0 unspecified atom stereocenters. The number of carbonyl (C=O) groups is 1. The van der Waals surface area contributed by atoms with Gasteiger partial charge in [0.1, 0.15) is 10.6 Å². The molecule has 2 rings (SSSR count). The van der Waals surface area contributed by atoms with Gasteiger partial charge in [-0.3, -0.25) is 0 Å². The molecule has 94 valence electrons. The highest BCUT2D eigenvalue weighted by atomic mass is 79.9. The molecular formula is C12H7Br3O2S. The van der Waals surface area contributed by atoms with E-state index in [2.05, 4.69) is 47.8 Å². The smallest absolute Gasteiger partial charge is 0.353 e. The third kappa shape index (κ3) is 3.23. The van der Waals surface area contributed by atoms with E-state index in [1.165, 1.54) is 11.3 Å². The molecular weight excluding hydrogens is 448 g/mol. The lowest BCUT2D eigenvalue weighted by molar-refractivity contribution is 0.0738. The van der Waals surface area contributed by atoms with Gasteiger partial charge in [-0.15, -0.1) is 11.3 Å². The van der Waals surface area contributed by atoms with Crippen LogP contribution in [0, 0.1) is 6.92 Å². The van der Waals surface area contributed by atoms with Crippen LogP contribution in [-0.4, -0.2) is 5.97 Å². The molecule has 18 heavy (non-hydrogen) atoms. The van der Waals surface area contributed by atoms with Crippen molar-refractivity contribution in [1.29, 1.82) is 0 Å². The molecule has 0 amide bonds. The molecule has 1 heterocycles. The van der Waals surface area contributed by atoms with Crippen LogP contribution in [0.25, 0.3) is 0 Å². The summed E-state index contributed by atoms with van der Waals surface area (Å²) in [6.45, 7) is 1.98. The van der Waals surface area contributed by atoms with Gasteiger partial charge in [0.15, 0.2) is 0 Å². The van der Waals surface area contributed by atoms with Crippen LogP contribution < -0.4 is 4.74 Å². The van der Waals surface area contributed by atoms with Gasteiger partial charge in [-0.05, 0) is 78.5 Å². The third-order valence-corrected chi connectivity index (χ3v) is 5.99. The predicted octanol–water partition coefficient (Wildman–Crippen LogP) is 5.56. The van der Waals surface area contributed by atoms with Gasteiger partial charge in [-0.25, -0.2) is 4.79 Å². The molecule has 1 aromatic heterocycles. The van der Waals surface area contributed by atoms with E-state index in [9.17, 15) is 4.79 Å². The van der Waals surface area contributed by atoms with Crippen LogP contribution in [-0.2, 0) is 0 Å². The molecule has 0 radical (unpaired) electrons. The van der Waals surface area contributed by atoms with Crippen molar-refractivity contribution in [2.75, 3.05) is 0 Å².